The van der Waals surface area contributed by atoms with E-state index in [9.17, 15) is 9.59 Å². The van der Waals surface area contributed by atoms with Crippen LogP contribution in [0.3, 0.4) is 0 Å². The molecule has 1 heterocycles. The van der Waals surface area contributed by atoms with Crippen LogP contribution in [0.15, 0.2) is 73.1 Å². The zero-order valence-corrected chi connectivity index (χ0v) is 15.1. The monoisotopic (exact) mass is 362 g/mol. The lowest BCUT2D eigenvalue weighted by Gasteiger charge is -2.18. The van der Waals surface area contributed by atoms with Gasteiger partial charge in [0.2, 0.25) is 11.8 Å². The summed E-state index contributed by atoms with van der Waals surface area (Å²) in [6.45, 7) is 1.83. The highest BCUT2D eigenvalue weighted by atomic mass is 16.2. The molecule has 0 radical (unpaired) electrons. The molecular formula is C21H22N4O2. The Bertz CT molecular complexity index is 891. The van der Waals surface area contributed by atoms with Crippen LogP contribution in [-0.2, 0) is 16.1 Å². The fourth-order valence-electron chi connectivity index (χ4n) is 2.81. The van der Waals surface area contributed by atoms with Crippen LogP contribution in [0.2, 0.25) is 0 Å². The Balaban J connectivity index is 1.58. The minimum Gasteiger partial charge on any atom is -0.352 e. The fourth-order valence-corrected chi connectivity index (χ4v) is 2.81. The highest BCUT2D eigenvalue weighted by molar-refractivity contribution is 5.79. The molecule has 0 aliphatic carbocycles. The number of aromatic nitrogens is 2. The summed E-state index contributed by atoms with van der Waals surface area (Å²) < 4.78 is 1.77. The number of para-hydroxylation sites is 1. The summed E-state index contributed by atoms with van der Waals surface area (Å²) in [4.78, 5) is 23.8. The van der Waals surface area contributed by atoms with Crippen molar-refractivity contribution >= 4 is 11.8 Å². The van der Waals surface area contributed by atoms with Gasteiger partial charge in [0.1, 0.15) is 0 Å². The van der Waals surface area contributed by atoms with Gasteiger partial charge in [0, 0.05) is 25.2 Å². The van der Waals surface area contributed by atoms with Crippen molar-refractivity contribution in [3.63, 3.8) is 0 Å². The van der Waals surface area contributed by atoms with Gasteiger partial charge in [-0.1, -0.05) is 48.5 Å². The normalized spacial score (nSPS) is 11.6. The molecule has 3 rings (SSSR count). The van der Waals surface area contributed by atoms with E-state index in [0.717, 1.165) is 16.8 Å². The first kappa shape index (κ1) is 18.4. The predicted molar refractivity (Wildman–Crippen MR) is 103 cm³/mol. The standard InChI is InChI=1S/C21H22N4O2/c1-16(26)24-20(18-8-4-2-5-9-18)12-21(27)22-13-17-14-23-25(15-17)19-10-6-3-7-11-19/h2-11,14-15,20H,12-13H2,1H3,(H,22,27)(H,24,26). The van der Waals surface area contributed by atoms with Crippen molar-refractivity contribution in [3.8, 4) is 5.69 Å². The molecule has 0 spiro atoms. The molecule has 1 aromatic heterocycles. The third-order valence-electron chi connectivity index (χ3n) is 4.12. The van der Waals surface area contributed by atoms with Gasteiger partial charge >= 0.3 is 0 Å². The molecule has 6 nitrogen and oxygen atoms in total. The number of nitrogens with zero attached hydrogens (tertiary/aromatic N) is 2. The third kappa shape index (κ3) is 5.28. The zero-order valence-electron chi connectivity index (χ0n) is 15.1. The molecule has 1 unspecified atom stereocenters. The van der Waals surface area contributed by atoms with Crippen LogP contribution >= 0.6 is 0 Å². The second kappa shape index (κ2) is 8.80. The molecule has 0 bridgehead atoms. The summed E-state index contributed by atoms with van der Waals surface area (Å²) in [7, 11) is 0. The van der Waals surface area contributed by atoms with E-state index in [1.54, 1.807) is 10.9 Å². The van der Waals surface area contributed by atoms with Crippen LogP contribution in [0.25, 0.3) is 5.69 Å². The van der Waals surface area contributed by atoms with Gasteiger partial charge in [-0.05, 0) is 17.7 Å². The minimum absolute atomic E-state index is 0.134. The van der Waals surface area contributed by atoms with Crippen molar-refractivity contribution in [2.75, 3.05) is 0 Å². The van der Waals surface area contributed by atoms with E-state index in [1.807, 2.05) is 66.9 Å². The summed E-state index contributed by atoms with van der Waals surface area (Å²) >= 11 is 0. The first-order valence-corrected chi connectivity index (χ1v) is 8.79. The van der Waals surface area contributed by atoms with Gasteiger partial charge in [0.05, 0.1) is 24.3 Å². The first-order chi connectivity index (χ1) is 13.1. The maximum atomic E-state index is 12.4. The van der Waals surface area contributed by atoms with Crippen molar-refractivity contribution in [1.29, 1.82) is 0 Å². The Morgan fingerprint density at radius 2 is 1.70 bits per heavy atom. The SMILES string of the molecule is CC(=O)NC(CC(=O)NCc1cnn(-c2ccccc2)c1)c1ccccc1. The predicted octanol–water partition coefficient (Wildman–Crippen LogP) is 2.76. The molecule has 138 valence electrons. The van der Waals surface area contributed by atoms with Crippen LogP contribution in [0.4, 0.5) is 0 Å². The van der Waals surface area contributed by atoms with Crippen molar-refractivity contribution in [1.82, 2.24) is 20.4 Å². The Hall–Kier alpha value is -3.41. The Morgan fingerprint density at radius 3 is 2.37 bits per heavy atom. The van der Waals surface area contributed by atoms with Gasteiger partial charge in [0.15, 0.2) is 0 Å². The van der Waals surface area contributed by atoms with E-state index >= 15 is 0 Å². The number of benzene rings is 2. The summed E-state index contributed by atoms with van der Waals surface area (Å²) in [6.07, 6.45) is 3.80. The molecular weight excluding hydrogens is 340 g/mol. The highest BCUT2D eigenvalue weighted by Gasteiger charge is 2.16. The van der Waals surface area contributed by atoms with E-state index < -0.39 is 0 Å². The lowest BCUT2D eigenvalue weighted by Crippen LogP contribution is -2.32. The largest absolute Gasteiger partial charge is 0.352 e. The molecule has 0 saturated carbocycles. The van der Waals surface area contributed by atoms with Crippen LogP contribution in [0, 0.1) is 0 Å². The maximum Gasteiger partial charge on any atom is 0.222 e. The van der Waals surface area contributed by atoms with Crippen LogP contribution < -0.4 is 10.6 Å². The molecule has 2 amide bonds. The number of hydrogen-bond acceptors (Lipinski definition) is 3. The van der Waals surface area contributed by atoms with E-state index in [0.29, 0.717) is 6.54 Å². The first-order valence-electron chi connectivity index (χ1n) is 8.79. The van der Waals surface area contributed by atoms with Gasteiger partial charge in [-0.3, -0.25) is 9.59 Å². The van der Waals surface area contributed by atoms with Gasteiger partial charge < -0.3 is 10.6 Å². The molecule has 6 heteroatoms. The maximum absolute atomic E-state index is 12.4. The number of carbonyl (C=O) groups excluding carboxylic acids is 2. The fraction of sp³-hybridized carbons (Fsp3) is 0.190. The number of nitrogens with one attached hydrogen (secondary N) is 2. The van der Waals surface area contributed by atoms with Crippen LogP contribution in [-0.4, -0.2) is 21.6 Å². The second-order valence-corrected chi connectivity index (χ2v) is 6.27. The smallest absolute Gasteiger partial charge is 0.222 e. The Kier molecular flexibility index (Phi) is 5.99. The molecule has 1 atom stereocenters. The van der Waals surface area contributed by atoms with Crippen molar-refractivity contribution in [2.45, 2.75) is 25.9 Å². The lowest BCUT2D eigenvalue weighted by atomic mass is 10.0. The minimum atomic E-state index is -0.351. The average molecular weight is 362 g/mol. The van der Waals surface area contributed by atoms with Gasteiger partial charge in [-0.15, -0.1) is 0 Å². The Morgan fingerprint density at radius 1 is 1.04 bits per heavy atom. The second-order valence-electron chi connectivity index (χ2n) is 6.27. The number of rotatable bonds is 7. The lowest BCUT2D eigenvalue weighted by molar-refractivity contribution is -0.122. The summed E-state index contributed by atoms with van der Waals surface area (Å²) in [5.41, 5.74) is 2.77. The summed E-state index contributed by atoms with van der Waals surface area (Å²) in [6, 6.07) is 18.9. The van der Waals surface area contributed by atoms with Crippen molar-refractivity contribution in [3.05, 3.63) is 84.2 Å². The quantitative estimate of drug-likeness (QED) is 0.679. The van der Waals surface area contributed by atoms with E-state index in [4.69, 9.17) is 0 Å². The summed E-state index contributed by atoms with van der Waals surface area (Å²) in [5, 5.41) is 10.0. The average Bonchev–Trinajstić information content (AvgIpc) is 3.16. The van der Waals surface area contributed by atoms with Gasteiger partial charge in [0.25, 0.3) is 0 Å². The third-order valence-corrected chi connectivity index (χ3v) is 4.12. The van der Waals surface area contributed by atoms with E-state index in [1.165, 1.54) is 6.92 Å². The van der Waals surface area contributed by atoms with Crippen molar-refractivity contribution in [2.24, 2.45) is 0 Å². The van der Waals surface area contributed by atoms with Crippen LogP contribution in [0.1, 0.15) is 30.5 Å². The van der Waals surface area contributed by atoms with Gasteiger partial charge in [-0.2, -0.15) is 5.10 Å². The number of amides is 2. The topological polar surface area (TPSA) is 76.0 Å². The molecule has 0 saturated heterocycles. The molecule has 3 aromatic rings. The molecule has 2 N–H and O–H groups in total. The number of hydrogen-bond donors (Lipinski definition) is 2. The molecule has 0 aliphatic heterocycles. The van der Waals surface area contributed by atoms with Crippen LogP contribution in [0.5, 0.6) is 0 Å². The highest BCUT2D eigenvalue weighted by Crippen LogP contribution is 2.16. The molecule has 0 fully saturated rings. The van der Waals surface area contributed by atoms with Gasteiger partial charge in [-0.25, -0.2) is 4.68 Å². The molecule has 2 aromatic carbocycles. The molecule has 27 heavy (non-hydrogen) atoms. The Labute approximate surface area is 158 Å². The summed E-state index contributed by atoms with van der Waals surface area (Å²) in [5.74, 6) is -0.300. The number of carbonyl (C=O) groups is 2. The molecule has 0 aliphatic rings. The van der Waals surface area contributed by atoms with Crippen molar-refractivity contribution < 1.29 is 9.59 Å². The van der Waals surface area contributed by atoms with E-state index in [2.05, 4.69) is 15.7 Å². The van der Waals surface area contributed by atoms with E-state index in [-0.39, 0.29) is 24.3 Å². The zero-order chi connectivity index (χ0) is 19.1.